The van der Waals surface area contributed by atoms with Gasteiger partial charge in [0.25, 0.3) is 5.56 Å². The minimum Gasteiger partial charge on any atom is -0.474 e. The van der Waals surface area contributed by atoms with E-state index in [2.05, 4.69) is 4.98 Å². The Hall–Kier alpha value is -2.42. The van der Waals surface area contributed by atoms with E-state index in [1.54, 1.807) is 0 Å². The fourth-order valence-electron chi connectivity index (χ4n) is 2.63. The summed E-state index contributed by atoms with van der Waals surface area (Å²) in [6.07, 6.45) is -1.34. The molecule has 2 heterocycles. The molecule has 0 saturated heterocycles. The van der Waals surface area contributed by atoms with Crippen LogP contribution < -0.4 is 16.0 Å². The van der Waals surface area contributed by atoms with E-state index in [1.165, 1.54) is 4.57 Å². The number of nitrogens with zero attached hydrogens (tertiary/aromatic N) is 1. The van der Waals surface area contributed by atoms with E-state index in [-0.39, 0.29) is 12.5 Å². The zero-order valence-electron chi connectivity index (χ0n) is 12.8. The van der Waals surface area contributed by atoms with E-state index in [0.29, 0.717) is 12.0 Å². The fraction of sp³-hybridized carbons (Fsp3) is 0.375. The normalized spacial score (nSPS) is 16.2. The number of nitrogens with one attached hydrogen (secondary N) is 1. The first-order chi connectivity index (χ1) is 11.6. The molecule has 0 radical (unpaired) electrons. The van der Waals surface area contributed by atoms with Crippen LogP contribution in [0.2, 0.25) is 0 Å². The van der Waals surface area contributed by atoms with Crippen LogP contribution in [0.1, 0.15) is 17.4 Å². The molecule has 1 atom stereocenters. The zero-order valence-corrected chi connectivity index (χ0v) is 12.8. The summed E-state index contributed by atoms with van der Waals surface area (Å²) in [6, 6.07) is 9.34. The SMILES string of the molecule is O=c1[nH]c(=O)n2c(c1Cc1ccccc1)OC[C@@H]2OC(CO)CO. The van der Waals surface area contributed by atoms with Crippen molar-refractivity contribution in [2.45, 2.75) is 18.8 Å². The Morgan fingerprint density at radius 3 is 2.62 bits per heavy atom. The lowest BCUT2D eigenvalue weighted by molar-refractivity contribution is -0.0934. The van der Waals surface area contributed by atoms with E-state index in [0.717, 1.165) is 5.56 Å². The lowest BCUT2D eigenvalue weighted by Gasteiger charge is -2.18. The molecule has 0 aliphatic carbocycles. The van der Waals surface area contributed by atoms with E-state index < -0.39 is 36.8 Å². The molecule has 0 amide bonds. The van der Waals surface area contributed by atoms with Crippen LogP contribution in [0.25, 0.3) is 0 Å². The summed E-state index contributed by atoms with van der Waals surface area (Å²) >= 11 is 0. The third-order valence-electron chi connectivity index (χ3n) is 3.82. The highest BCUT2D eigenvalue weighted by molar-refractivity contribution is 5.32. The fourth-order valence-corrected chi connectivity index (χ4v) is 2.63. The minimum atomic E-state index is -0.832. The van der Waals surface area contributed by atoms with Crippen LogP contribution in [0.3, 0.4) is 0 Å². The van der Waals surface area contributed by atoms with Crippen LogP contribution in [0, 0.1) is 0 Å². The Bertz CT molecular complexity index is 810. The number of aliphatic hydroxyl groups is 2. The number of rotatable bonds is 6. The second kappa shape index (κ2) is 7.00. The highest BCUT2D eigenvalue weighted by atomic mass is 16.6. The third kappa shape index (κ3) is 3.12. The van der Waals surface area contributed by atoms with Crippen LogP contribution >= 0.6 is 0 Å². The standard InChI is InChI=1S/C16H18N2O6/c19-7-11(8-20)24-13-9-23-15-12(6-10-4-2-1-3-5-10)14(21)17-16(22)18(13)15/h1-5,11,13,19-20H,6-9H2,(H,17,21,22)/t13-/m0/s1. The monoisotopic (exact) mass is 334 g/mol. The molecule has 0 bridgehead atoms. The number of hydrogen-bond donors (Lipinski definition) is 3. The Labute approximate surface area is 136 Å². The van der Waals surface area contributed by atoms with Crippen molar-refractivity contribution in [2.24, 2.45) is 0 Å². The third-order valence-corrected chi connectivity index (χ3v) is 3.82. The van der Waals surface area contributed by atoms with Gasteiger partial charge in [0, 0.05) is 6.42 Å². The molecule has 8 nitrogen and oxygen atoms in total. The smallest absolute Gasteiger partial charge is 0.333 e. The van der Waals surface area contributed by atoms with Crippen molar-refractivity contribution in [3.05, 3.63) is 62.3 Å². The van der Waals surface area contributed by atoms with Gasteiger partial charge in [-0.15, -0.1) is 0 Å². The van der Waals surface area contributed by atoms with Crippen LogP contribution in [0.5, 0.6) is 5.88 Å². The molecular weight excluding hydrogens is 316 g/mol. The molecule has 1 aromatic carbocycles. The molecule has 3 N–H and O–H groups in total. The van der Waals surface area contributed by atoms with Crippen LogP contribution in [0.15, 0.2) is 39.9 Å². The first kappa shape index (κ1) is 16.4. The van der Waals surface area contributed by atoms with Gasteiger partial charge in [0.2, 0.25) is 5.88 Å². The van der Waals surface area contributed by atoms with Gasteiger partial charge in [-0.1, -0.05) is 30.3 Å². The summed E-state index contributed by atoms with van der Waals surface area (Å²) in [5, 5.41) is 18.3. The molecular formula is C16H18N2O6. The van der Waals surface area contributed by atoms with Gasteiger partial charge in [-0.2, -0.15) is 0 Å². The predicted octanol–water partition coefficient (Wildman–Crippen LogP) is -0.612. The lowest BCUT2D eigenvalue weighted by Crippen LogP contribution is -2.35. The predicted molar refractivity (Wildman–Crippen MR) is 84.1 cm³/mol. The maximum Gasteiger partial charge on any atom is 0.333 e. The van der Waals surface area contributed by atoms with E-state index >= 15 is 0 Å². The quantitative estimate of drug-likeness (QED) is 0.649. The number of aromatic nitrogens is 2. The molecule has 0 unspecified atom stereocenters. The Kier molecular flexibility index (Phi) is 4.79. The second-order valence-corrected chi connectivity index (χ2v) is 5.46. The average Bonchev–Trinajstić information content (AvgIpc) is 3.01. The number of ether oxygens (including phenoxy) is 2. The van der Waals surface area contributed by atoms with Crippen molar-refractivity contribution in [1.82, 2.24) is 9.55 Å². The van der Waals surface area contributed by atoms with Crippen LogP contribution in [-0.2, 0) is 11.2 Å². The molecule has 2 aromatic rings. The van der Waals surface area contributed by atoms with E-state index in [9.17, 15) is 9.59 Å². The Morgan fingerprint density at radius 2 is 1.96 bits per heavy atom. The van der Waals surface area contributed by atoms with Gasteiger partial charge in [-0.05, 0) is 5.56 Å². The first-order valence-electron chi connectivity index (χ1n) is 7.55. The molecule has 0 saturated carbocycles. The summed E-state index contributed by atoms with van der Waals surface area (Å²) < 4.78 is 12.2. The zero-order chi connectivity index (χ0) is 17.1. The topological polar surface area (TPSA) is 114 Å². The highest BCUT2D eigenvalue weighted by Gasteiger charge is 2.31. The van der Waals surface area contributed by atoms with Crippen molar-refractivity contribution in [3.63, 3.8) is 0 Å². The first-order valence-corrected chi connectivity index (χ1v) is 7.55. The number of aromatic amines is 1. The summed E-state index contributed by atoms with van der Waals surface area (Å²) in [5.74, 6) is 0.159. The molecule has 0 fully saturated rings. The summed E-state index contributed by atoms with van der Waals surface area (Å²) in [4.78, 5) is 26.6. The Balaban J connectivity index is 1.97. The van der Waals surface area contributed by atoms with Gasteiger partial charge < -0.3 is 19.7 Å². The van der Waals surface area contributed by atoms with E-state index in [4.69, 9.17) is 19.7 Å². The maximum absolute atomic E-state index is 12.2. The van der Waals surface area contributed by atoms with Crippen molar-refractivity contribution < 1.29 is 19.7 Å². The van der Waals surface area contributed by atoms with Crippen LogP contribution in [0.4, 0.5) is 0 Å². The number of aliphatic hydroxyl groups excluding tert-OH is 2. The average molecular weight is 334 g/mol. The molecule has 8 heteroatoms. The molecule has 3 rings (SSSR count). The molecule has 1 aliphatic heterocycles. The molecule has 1 aromatic heterocycles. The molecule has 128 valence electrons. The summed E-state index contributed by atoms with van der Waals surface area (Å²) in [5.41, 5.74) is 0.0815. The van der Waals surface area contributed by atoms with Gasteiger partial charge in [0.05, 0.1) is 18.8 Å². The number of hydrogen-bond acceptors (Lipinski definition) is 6. The van der Waals surface area contributed by atoms with Crippen LogP contribution in [-0.4, -0.2) is 45.7 Å². The van der Waals surface area contributed by atoms with Gasteiger partial charge in [-0.3, -0.25) is 9.78 Å². The van der Waals surface area contributed by atoms with Crippen molar-refractivity contribution in [1.29, 1.82) is 0 Å². The summed E-state index contributed by atoms with van der Waals surface area (Å²) in [6.45, 7) is -0.764. The minimum absolute atomic E-state index is 0.0187. The maximum atomic E-state index is 12.2. The molecule has 0 spiro atoms. The summed E-state index contributed by atoms with van der Waals surface area (Å²) in [7, 11) is 0. The number of fused-ring (bicyclic) bond motifs is 1. The number of H-pyrrole nitrogens is 1. The van der Waals surface area contributed by atoms with Gasteiger partial charge in [-0.25, -0.2) is 9.36 Å². The highest BCUT2D eigenvalue weighted by Crippen LogP contribution is 2.28. The van der Waals surface area contributed by atoms with Crippen molar-refractivity contribution in [2.75, 3.05) is 19.8 Å². The van der Waals surface area contributed by atoms with Crippen molar-refractivity contribution >= 4 is 0 Å². The lowest BCUT2D eigenvalue weighted by atomic mass is 10.1. The van der Waals surface area contributed by atoms with Crippen molar-refractivity contribution in [3.8, 4) is 5.88 Å². The molecule has 24 heavy (non-hydrogen) atoms. The largest absolute Gasteiger partial charge is 0.474 e. The second-order valence-electron chi connectivity index (χ2n) is 5.46. The molecule has 1 aliphatic rings. The van der Waals surface area contributed by atoms with E-state index in [1.807, 2.05) is 30.3 Å². The Morgan fingerprint density at radius 1 is 1.25 bits per heavy atom. The van der Waals surface area contributed by atoms with Gasteiger partial charge in [0.15, 0.2) is 6.23 Å². The number of benzene rings is 1. The van der Waals surface area contributed by atoms with Gasteiger partial charge in [0.1, 0.15) is 12.7 Å². The van der Waals surface area contributed by atoms with Gasteiger partial charge >= 0.3 is 5.69 Å².